The zero-order valence-electron chi connectivity index (χ0n) is 13.5. The van der Waals surface area contributed by atoms with Crippen LogP contribution >= 0.6 is 0 Å². The van der Waals surface area contributed by atoms with Gasteiger partial charge in [0.25, 0.3) is 0 Å². The van der Waals surface area contributed by atoms with Crippen LogP contribution in [0.3, 0.4) is 0 Å². The van der Waals surface area contributed by atoms with Crippen LogP contribution in [0.4, 0.5) is 0 Å². The van der Waals surface area contributed by atoms with Crippen LogP contribution < -0.4 is 0 Å². The number of carboxylic acid groups (broad SMARTS) is 2. The van der Waals surface area contributed by atoms with E-state index in [1.165, 1.54) is 23.6 Å². The summed E-state index contributed by atoms with van der Waals surface area (Å²) < 4.78 is 0. The van der Waals surface area contributed by atoms with Crippen molar-refractivity contribution in [1.82, 2.24) is 9.80 Å². The number of hydrogen-bond acceptors (Lipinski definition) is 4. The van der Waals surface area contributed by atoms with E-state index in [1.54, 1.807) is 0 Å². The van der Waals surface area contributed by atoms with Gasteiger partial charge in [0, 0.05) is 46.4 Å². The molecular formula is C14H22N2O6Zn. The van der Waals surface area contributed by atoms with Gasteiger partial charge >= 0.3 is 11.9 Å². The van der Waals surface area contributed by atoms with Crippen LogP contribution in [0.5, 0.6) is 0 Å². The molecule has 2 fully saturated rings. The Labute approximate surface area is 147 Å². The van der Waals surface area contributed by atoms with E-state index >= 15 is 0 Å². The maximum atomic E-state index is 10.8. The van der Waals surface area contributed by atoms with Crippen molar-refractivity contribution < 1.29 is 48.9 Å². The molecule has 126 valence electrons. The number of nitrogens with zero attached hydrogens (tertiary/aromatic N) is 2. The summed E-state index contributed by atoms with van der Waals surface area (Å²) in [6.07, 6.45) is 2.79. The van der Waals surface area contributed by atoms with Crippen LogP contribution in [-0.4, -0.2) is 68.9 Å². The van der Waals surface area contributed by atoms with Crippen LogP contribution in [0.1, 0.15) is 39.5 Å². The second kappa shape index (κ2) is 9.60. The quantitative estimate of drug-likeness (QED) is 0.660. The first-order valence-corrected chi connectivity index (χ1v) is 7.25. The fourth-order valence-electron chi connectivity index (χ4n) is 2.80. The molecule has 0 aromatic carbocycles. The Morgan fingerprint density at radius 3 is 1.26 bits per heavy atom. The van der Waals surface area contributed by atoms with E-state index in [0.717, 1.165) is 12.8 Å². The van der Waals surface area contributed by atoms with Gasteiger partial charge in [-0.15, -0.1) is 0 Å². The number of aliphatic carboxylic acids is 2. The summed E-state index contributed by atoms with van der Waals surface area (Å²) in [7, 11) is 0. The molecule has 2 saturated heterocycles. The molecule has 23 heavy (non-hydrogen) atoms. The Morgan fingerprint density at radius 1 is 0.783 bits per heavy atom. The van der Waals surface area contributed by atoms with Crippen molar-refractivity contribution in [2.45, 2.75) is 51.6 Å². The summed E-state index contributed by atoms with van der Waals surface area (Å²) >= 11 is 0. The summed E-state index contributed by atoms with van der Waals surface area (Å²) in [5.41, 5.74) is 0. The average molecular weight is 380 g/mol. The molecule has 0 radical (unpaired) electrons. The predicted octanol–water partition coefficient (Wildman–Crippen LogP) is 0.161. The second-order valence-electron chi connectivity index (χ2n) is 5.42. The first-order chi connectivity index (χ1) is 10.3. The van der Waals surface area contributed by atoms with Gasteiger partial charge in [-0.25, -0.2) is 9.59 Å². The van der Waals surface area contributed by atoms with Crippen LogP contribution in [0.15, 0.2) is 0 Å². The summed E-state index contributed by atoms with van der Waals surface area (Å²) in [5.74, 6) is -2.07. The minimum atomic E-state index is -0.891. The third-order valence-corrected chi connectivity index (χ3v) is 3.88. The molecule has 0 saturated carbocycles. The van der Waals surface area contributed by atoms with Gasteiger partial charge in [0.2, 0.25) is 11.8 Å². The standard InChI is InChI=1S/2C7H11NO3.Zn/c2*1-5(9)8-4-2-3-6(8)7(10)11;/h2*6H,2-4H2,1H3,(H,10,11);/t2*6-;/m00./s1. The minimum absolute atomic E-state index is 0. The Kier molecular flexibility index (Phi) is 8.97. The predicted molar refractivity (Wildman–Crippen MR) is 76.1 cm³/mol. The Morgan fingerprint density at radius 2 is 1.09 bits per heavy atom. The molecule has 2 N–H and O–H groups in total. The van der Waals surface area contributed by atoms with Crippen molar-refractivity contribution in [2.75, 3.05) is 13.1 Å². The molecule has 2 aliphatic rings. The molecule has 8 nitrogen and oxygen atoms in total. The summed E-state index contributed by atoms with van der Waals surface area (Å²) in [6.45, 7) is 3.99. The first-order valence-electron chi connectivity index (χ1n) is 7.25. The summed E-state index contributed by atoms with van der Waals surface area (Å²) in [4.78, 5) is 45.5. The van der Waals surface area contributed by atoms with E-state index < -0.39 is 24.0 Å². The fraction of sp³-hybridized carbons (Fsp3) is 0.714. The molecule has 9 heteroatoms. The van der Waals surface area contributed by atoms with Crippen molar-refractivity contribution in [1.29, 1.82) is 0 Å². The number of carbonyl (C=O) groups is 4. The Hall–Kier alpha value is -1.50. The first kappa shape index (κ1) is 21.5. The van der Waals surface area contributed by atoms with E-state index in [4.69, 9.17) is 10.2 Å². The van der Waals surface area contributed by atoms with Crippen molar-refractivity contribution in [3.8, 4) is 0 Å². The van der Waals surface area contributed by atoms with Crippen LogP contribution in [0.2, 0.25) is 0 Å². The molecular weight excluding hydrogens is 358 g/mol. The van der Waals surface area contributed by atoms with E-state index in [1.807, 2.05) is 0 Å². The zero-order chi connectivity index (χ0) is 16.9. The Balaban J connectivity index is 0.000000403. The van der Waals surface area contributed by atoms with Gasteiger partial charge in [0.1, 0.15) is 12.1 Å². The van der Waals surface area contributed by atoms with E-state index in [9.17, 15) is 19.2 Å². The topological polar surface area (TPSA) is 115 Å². The maximum absolute atomic E-state index is 10.8. The molecule has 0 spiro atoms. The zero-order valence-corrected chi connectivity index (χ0v) is 16.5. The van der Waals surface area contributed by atoms with Crippen LogP contribution in [-0.2, 0) is 38.7 Å². The van der Waals surface area contributed by atoms with Crippen LogP contribution in [0, 0.1) is 0 Å². The monoisotopic (exact) mass is 378 g/mol. The number of carbonyl (C=O) groups excluding carboxylic acids is 2. The SMILES string of the molecule is CC(=O)N1CCC[C@H]1C(=O)O.CC(=O)N1CCC[C@H]1C(=O)O.[Zn]. The molecule has 0 bridgehead atoms. The molecule has 2 aliphatic heterocycles. The van der Waals surface area contributed by atoms with Crippen LogP contribution in [0.25, 0.3) is 0 Å². The van der Waals surface area contributed by atoms with E-state index in [-0.39, 0.29) is 31.3 Å². The molecule has 2 amide bonds. The summed E-state index contributed by atoms with van der Waals surface area (Å²) in [6, 6.07) is -1.15. The minimum Gasteiger partial charge on any atom is -0.480 e. The van der Waals surface area contributed by atoms with Gasteiger partial charge in [-0.05, 0) is 25.7 Å². The number of rotatable bonds is 2. The smallest absolute Gasteiger partial charge is 0.326 e. The Bertz CT molecular complexity index is 388. The van der Waals surface area contributed by atoms with Crippen molar-refractivity contribution in [2.24, 2.45) is 0 Å². The molecule has 0 aromatic rings. The normalized spacial score (nSPS) is 22.7. The van der Waals surface area contributed by atoms with Gasteiger partial charge in [-0.3, -0.25) is 9.59 Å². The average Bonchev–Trinajstić information content (AvgIpc) is 3.08. The van der Waals surface area contributed by atoms with Gasteiger partial charge in [-0.2, -0.15) is 0 Å². The third kappa shape index (κ3) is 5.90. The van der Waals surface area contributed by atoms with Gasteiger partial charge < -0.3 is 20.0 Å². The molecule has 2 heterocycles. The van der Waals surface area contributed by atoms with Crippen molar-refractivity contribution >= 4 is 23.8 Å². The third-order valence-electron chi connectivity index (χ3n) is 3.88. The second-order valence-corrected chi connectivity index (χ2v) is 5.42. The number of hydrogen-bond donors (Lipinski definition) is 2. The van der Waals surface area contributed by atoms with Gasteiger partial charge in [0.15, 0.2) is 0 Å². The number of carboxylic acids is 2. The molecule has 0 unspecified atom stereocenters. The maximum Gasteiger partial charge on any atom is 0.326 e. The van der Waals surface area contributed by atoms with Gasteiger partial charge in [0.05, 0.1) is 0 Å². The van der Waals surface area contributed by atoms with E-state index in [2.05, 4.69) is 0 Å². The van der Waals surface area contributed by atoms with Gasteiger partial charge in [-0.1, -0.05) is 0 Å². The summed E-state index contributed by atoms with van der Waals surface area (Å²) in [5, 5.41) is 17.3. The van der Waals surface area contributed by atoms with Crippen molar-refractivity contribution in [3.05, 3.63) is 0 Å². The number of amides is 2. The molecule has 2 atom stereocenters. The largest absolute Gasteiger partial charge is 0.480 e. The fourth-order valence-corrected chi connectivity index (χ4v) is 2.80. The molecule has 2 rings (SSSR count). The molecule has 0 aliphatic carbocycles. The number of likely N-dealkylation sites (tertiary alicyclic amines) is 2. The van der Waals surface area contributed by atoms with Crippen molar-refractivity contribution in [3.63, 3.8) is 0 Å². The molecule has 0 aromatic heterocycles. The van der Waals surface area contributed by atoms with E-state index in [0.29, 0.717) is 25.9 Å².